The first-order valence-corrected chi connectivity index (χ1v) is 8.64. The van der Waals surface area contributed by atoms with E-state index in [1.165, 1.54) is 0 Å². The molecule has 0 saturated carbocycles. The summed E-state index contributed by atoms with van der Waals surface area (Å²) in [7, 11) is 0. The predicted molar refractivity (Wildman–Crippen MR) is 96.4 cm³/mol. The molecular formula is C20H20N4O. The Balaban J connectivity index is 1.61. The molecule has 1 atom stereocenters. The number of aromatic nitrogens is 3. The van der Waals surface area contributed by atoms with Gasteiger partial charge >= 0.3 is 0 Å². The molecular weight excluding hydrogens is 312 g/mol. The van der Waals surface area contributed by atoms with Gasteiger partial charge in [0.25, 0.3) is 5.91 Å². The van der Waals surface area contributed by atoms with Crippen LogP contribution in [0.25, 0.3) is 10.9 Å². The van der Waals surface area contributed by atoms with Crippen molar-refractivity contribution in [2.75, 3.05) is 13.1 Å². The molecule has 0 spiro atoms. The van der Waals surface area contributed by atoms with E-state index in [4.69, 9.17) is 0 Å². The number of nitrogens with zero attached hydrogens (tertiary/aromatic N) is 4. The van der Waals surface area contributed by atoms with Gasteiger partial charge in [0, 0.05) is 43.0 Å². The van der Waals surface area contributed by atoms with E-state index in [1.807, 2.05) is 48.4 Å². The molecule has 3 heterocycles. The second-order valence-corrected chi connectivity index (χ2v) is 6.56. The number of hydrogen-bond acceptors (Lipinski definition) is 4. The number of carbonyl (C=O) groups is 1. The Morgan fingerprint density at radius 2 is 2.08 bits per heavy atom. The number of aryl methyl sites for hydroxylation is 1. The van der Waals surface area contributed by atoms with E-state index in [0.29, 0.717) is 12.1 Å². The van der Waals surface area contributed by atoms with Crippen molar-refractivity contribution in [3.8, 4) is 0 Å². The highest BCUT2D eigenvalue weighted by Gasteiger charge is 2.27. The fourth-order valence-corrected chi connectivity index (χ4v) is 3.53. The van der Waals surface area contributed by atoms with E-state index in [-0.39, 0.29) is 11.8 Å². The maximum absolute atomic E-state index is 13.1. The van der Waals surface area contributed by atoms with Crippen LogP contribution in [-0.2, 0) is 0 Å². The fraction of sp³-hybridized carbons (Fsp3) is 0.300. The number of fused-ring (bicyclic) bond motifs is 1. The molecule has 0 radical (unpaired) electrons. The molecule has 0 N–H and O–H groups in total. The van der Waals surface area contributed by atoms with E-state index in [9.17, 15) is 4.79 Å². The number of pyridine rings is 1. The molecule has 126 valence electrons. The fourth-order valence-electron chi connectivity index (χ4n) is 3.53. The summed E-state index contributed by atoms with van der Waals surface area (Å²) in [5.74, 6) is 0.294. The Hall–Kier alpha value is -2.82. The number of hydrogen-bond donors (Lipinski definition) is 0. The second kappa shape index (κ2) is 6.59. The summed E-state index contributed by atoms with van der Waals surface area (Å²) in [6, 6.07) is 9.66. The van der Waals surface area contributed by atoms with Gasteiger partial charge < -0.3 is 4.90 Å². The Morgan fingerprint density at radius 1 is 1.20 bits per heavy atom. The van der Waals surface area contributed by atoms with Crippen molar-refractivity contribution in [1.29, 1.82) is 0 Å². The van der Waals surface area contributed by atoms with Gasteiger partial charge in [-0.25, -0.2) is 0 Å². The minimum absolute atomic E-state index is 0.0506. The highest BCUT2D eigenvalue weighted by molar-refractivity contribution is 6.05. The Bertz CT molecular complexity index is 919. The van der Waals surface area contributed by atoms with Crippen LogP contribution in [0.1, 0.15) is 40.5 Å². The van der Waals surface area contributed by atoms with Crippen molar-refractivity contribution < 1.29 is 4.79 Å². The standard InChI is InChI=1S/C20H20N4O/c1-14-11-21-12-18(23-14)16-7-4-10-24(13-16)20(25)17-8-2-5-15-6-3-9-22-19(15)17/h2-3,5-6,8-9,11-12,16H,4,7,10,13H2,1H3. The number of rotatable bonds is 2. The summed E-state index contributed by atoms with van der Waals surface area (Å²) >= 11 is 0. The molecule has 1 amide bonds. The summed E-state index contributed by atoms with van der Waals surface area (Å²) in [4.78, 5) is 28.3. The van der Waals surface area contributed by atoms with Gasteiger partial charge in [0.05, 0.1) is 22.5 Å². The number of para-hydroxylation sites is 1. The number of carbonyl (C=O) groups excluding carboxylic acids is 1. The van der Waals surface area contributed by atoms with Gasteiger partial charge in [0.15, 0.2) is 0 Å². The lowest BCUT2D eigenvalue weighted by Crippen LogP contribution is -2.39. The molecule has 1 aromatic carbocycles. The van der Waals surface area contributed by atoms with Gasteiger partial charge in [-0.2, -0.15) is 0 Å². The van der Waals surface area contributed by atoms with Crippen LogP contribution in [0.5, 0.6) is 0 Å². The molecule has 25 heavy (non-hydrogen) atoms. The first-order valence-electron chi connectivity index (χ1n) is 8.64. The lowest BCUT2D eigenvalue weighted by molar-refractivity contribution is 0.0707. The van der Waals surface area contributed by atoms with Crippen molar-refractivity contribution in [2.45, 2.75) is 25.7 Å². The van der Waals surface area contributed by atoms with E-state index >= 15 is 0 Å². The molecule has 4 rings (SSSR count). The van der Waals surface area contributed by atoms with Crippen LogP contribution in [0.4, 0.5) is 0 Å². The van der Waals surface area contributed by atoms with Gasteiger partial charge in [-0.3, -0.25) is 19.7 Å². The third-order valence-corrected chi connectivity index (χ3v) is 4.76. The van der Waals surface area contributed by atoms with E-state index < -0.39 is 0 Å². The zero-order chi connectivity index (χ0) is 17.2. The average Bonchev–Trinajstić information content (AvgIpc) is 2.67. The summed E-state index contributed by atoms with van der Waals surface area (Å²) in [5, 5.41) is 0.992. The van der Waals surface area contributed by atoms with Gasteiger partial charge in [0.2, 0.25) is 0 Å². The average molecular weight is 332 g/mol. The SMILES string of the molecule is Cc1cncc(C2CCCN(C(=O)c3cccc4cccnc34)C2)n1. The smallest absolute Gasteiger partial charge is 0.256 e. The topological polar surface area (TPSA) is 59.0 Å². The van der Waals surface area contributed by atoms with Crippen molar-refractivity contribution in [1.82, 2.24) is 19.9 Å². The van der Waals surface area contributed by atoms with Crippen LogP contribution in [0.3, 0.4) is 0 Å². The number of piperidine rings is 1. The van der Waals surface area contributed by atoms with Crippen molar-refractivity contribution in [2.24, 2.45) is 0 Å². The molecule has 1 aliphatic rings. The minimum atomic E-state index is 0.0506. The molecule has 0 bridgehead atoms. The number of likely N-dealkylation sites (tertiary alicyclic amines) is 1. The normalized spacial score (nSPS) is 17.6. The first kappa shape index (κ1) is 15.7. The quantitative estimate of drug-likeness (QED) is 0.722. The van der Waals surface area contributed by atoms with E-state index in [2.05, 4.69) is 15.0 Å². The number of benzene rings is 1. The lowest BCUT2D eigenvalue weighted by atomic mass is 9.94. The first-order chi connectivity index (χ1) is 12.2. The molecule has 3 aromatic rings. The minimum Gasteiger partial charge on any atom is -0.338 e. The molecule has 5 heteroatoms. The molecule has 1 fully saturated rings. The summed E-state index contributed by atoms with van der Waals surface area (Å²) in [6.45, 7) is 3.40. The van der Waals surface area contributed by atoms with Crippen LogP contribution in [0, 0.1) is 6.92 Å². The Labute approximate surface area is 146 Å². The highest BCUT2D eigenvalue weighted by atomic mass is 16.2. The van der Waals surface area contributed by atoms with Gasteiger partial charge in [-0.15, -0.1) is 0 Å². The number of amides is 1. The molecule has 2 aromatic heterocycles. The summed E-state index contributed by atoms with van der Waals surface area (Å²) in [6.07, 6.45) is 7.34. The van der Waals surface area contributed by atoms with E-state index in [1.54, 1.807) is 12.4 Å². The van der Waals surface area contributed by atoms with Crippen molar-refractivity contribution >= 4 is 16.8 Å². The largest absolute Gasteiger partial charge is 0.338 e. The zero-order valence-electron chi connectivity index (χ0n) is 14.2. The maximum atomic E-state index is 13.1. The van der Waals surface area contributed by atoms with E-state index in [0.717, 1.165) is 41.7 Å². The zero-order valence-corrected chi connectivity index (χ0v) is 14.2. The van der Waals surface area contributed by atoms with Crippen LogP contribution < -0.4 is 0 Å². The third-order valence-electron chi connectivity index (χ3n) is 4.76. The Morgan fingerprint density at radius 3 is 2.96 bits per heavy atom. The maximum Gasteiger partial charge on any atom is 0.256 e. The third kappa shape index (κ3) is 3.09. The monoisotopic (exact) mass is 332 g/mol. The highest BCUT2D eigenvalue weighted by Crippen LogP contribution is 2.27. The van der Waals surface area contributed by atoms with Gasteiger partial charge in [-0.05, 0) is 31.9 Å². The molecule has 0 aliphatic carbocycles. The van der Waals surface area contributed by atoms with Gasteiger partial charge in [0.1, 0.15) is 0 Å². The summed E-state index contributed by atoms with van der Waals surface area (Å²) < 4.78 is 0. The second-order valence-electron chi connectivity index (χ2n) is 6.56. The van der Waals surface area contributed by atoms with Crippen molar-refractivity contribution in [3.63, 3.8) is 0 Å². The van der Waals surface area contributed by atoms with Gasteiger partial charge in [-0.1, -0.05) is 18.2 Å². The molecule has 5 nitrogen and oxygen atoms in total. The van der Waals surface area contributed by atoms with Crippen LogP contribution in [-0.4, -0.2) is 38.8 Å². The Kier molecular flexibility index (Phi) is 4.14. The molecule has 1 aliphatic heterocycles. The van der Waals surface area contributed by atoms with Crippen LogP contribution in [0.15, 0.2) is 48.9 Å². The van der Waals surface area contributed by atoms with Crippen LogP contribution >= 0.6 is 0 Å². The van der Waals surface area contributed by atoms with Crippen LogP contribution in [0.2, 0.25) is 0 Å². The predicted octanol–water partition coefficient (Wildman–Crippen LogP) is 3.35. The lowest BCUT2D eigenvalue weighted by Gasteiger charge is -2.32. The molecule has 1 unspecified atom stereocenters. The summed E-state index contributed by atoms with van der Waals surface area (Å²) in [5.41, 5.74) is 3.34. The van der Waals surface area contributed by atoms with Crippen molar-refractivity contribution in [3.05, 3.63) is 65.9 Å². The molecule has 1 saturated heterocycles.